The number of rotatable bonds is 6. The van der Waals surface area contributed by atoms with E-state index in [0.29, 0.717) is 6.54 Å². The maximum atomic E-state index is 11.7. The lowest BCUT2D eigenvalue weighted by molar-refractivity contribution is -0.124. The topological polar surface area (TPSA) is 61.6 Å². The Bertz CT molecular complexity index is 272. The zero-order valence-electron chi connectivity index (χ0n) is 12.0. The van der Waals surface area contributed by atoms with Crippen molar-refractivity contribution in [3.63, 3.8) is 0 Å². The standard InChI is InChI=1S/C13H28N4O/c1-4-6-15-13(2,12(14)18)11-17-8-5-7-16(3)9-10-17/h15H,4-11H2,1-3H3,(H2,14,18). The van der Waals surface area contributed by atoms with Crippen molar-refractivity contribution >= 4 is 5.91 Å². The van der Waals surface area contributed by atoms with Crippen molar-refractivity contribution < 1.29 is 4.79 Å². The van der Waals surface area contributed by atoms with E-state index < -0.39 is 5.54 Å². The van der Waals surface area contributed by atoms with E-state index in [1.807, 2.05) is 6.92 Å². The van der Waals surface area contributed by atoms with Gasteiger partial charge in [0.15, 0.2) is 0 Å². The van der Waals surface area contributed by atoms with Gasteiger partial charge in [-0.2, -0.15) is 0 Å². The van der Waals surface area contributed by atoms with Gasteiger partial charge in [0.05, 0.1) is 0 Å². The Morgan fingerprint density at radius 2 is 2.06 bits per heavy atom. The molecule has 3 N–H and O–H groups in total. The summed E-state index contributed by atoms with van der Waals surface area (Å²) < 4.78 is 0. The molecule has 1 atom stereocenters. The first-order valence-electron chi connectivity index (χ1n) is 6.94. The zero-order chi connectivity index (χ0) is 13.6. The Hall–Kier alpha value is -0.650. The van der Waals surface area contributed by atoms with Crippen molar-refractivity contribution in [1.82, 2.24) is 15.1 Å². The average Bonchev–Trinajstić information content (AvgIpc) is 2.52. The van der Waals surface area contributed by atoms with Gasteiger partial charge >= 0.3 is 0 Å². The molecule has 0 aromatic heterocycles. The monoisotopic (exact) mass is 256 g/mol. The minimum absolute atomic E-state index is 0.256. The minimum Gasteiger partial charge on any atom is -0.368 e. The molecular formula is C13H28N4O. The molecule has 1 aliphatic rings. The molecule has 0 spiro atoms. The molecular weight excluding hydrogens is 228 g/mol. The highest BCUT2D eigenvalue weighted by molar-refractivity contribution is 5.84. The Kier molecular flexibility index (Phi) is 6.05. The van der Waals surface area contributed by atoms with Crippen LogP contribution in [-0.2, 0) is 4.79 Å². The van der Waals surface area contributed by atoms with E-state index in [-0.39, 0.29) is 5.91 Å². The molecule has 0 radical (unpaired) electrons. The summed E-state index contributed by atoms with van der Waals surface area (Å²) in [6.45, 7) is 9.78. The van der Waals surface area contributed by atoms with Crippen molar-refractivity contribution in [1.29, 1.82) is 0 Å². The molecule has 5 heteroatoms. The number of hydrogen-bond donors (Lipinski definition) is 2. The molecule has 0 aromatic rings. The number of likely N-dealkylation sites (N-methyl/N-ethyl adjacent to an activating group) is 1. The Balaban J connectivity index is 2.56. The minimum atomic E-state index is -0.612. The molecule has 0 aromatic carbocycles. The lowest BCUT2D eigenvalue weighted by Crippen LogP contribution is -2.60. The predicted octanol–water partition coefficient (Wildman–Crippen LogP) is -0.132. The lowest BCUT2D eigenvalue weighted by atomic mass is 10.0. The summed E-state index contributed by atoms with van der Waals surface area (Å²) >= 11 is 0. The van der Waals surface area contributed by atoms with E-state index >= 15 is 0 Å². The number of hydrogen-bond acceptors (Lipinski definition) is 4. The Morgan fingerprint density at radius 1 is 1.33 bits per heavy atom. The van der Waals surface area contributed by atoms with Crippen LogP contribution in [0.1, 0.15) is 26.7 Å². The van der Waals surface area contributed by atoms with Crippen molar-refractivity contribution in [2.75, 3.05) is 46.3 Å². The summed E-state index contributed by atoms with van der Waals surface area (Å²) in [5, 5.41) is 3.29. The first-order chi connectivity index (χ1) is 8.48. The number of nitrogens with zero attached hydrogens (tertiary/aromatic N) is 2. The molecule has 1 fully saturated rings. The fourth-order valence-electron chi connectivity index (χ4n) is 2.33. The third-order valence-corrected chi connectivity index (χ3v) is 3.66. The van der Waals surface area contributed by atoms with Gasteiger partial charge < -0.3 is 16.0 Å². The summed E-state index contributed by atoms with van der Waals surface area (Å²) in [7, 11) is 2.14. The molecule has 5 nitrogen and oxygen atoms in total. The average molecular weight is 256 g/mol. The van der Waals surface area contributed by atoms with Gasteiger partial charge in [0.2, 0.25) is 5.91 Å². The number of carbonyl (C=O) groups excluding carboxylic acids is 1. The van der Waals surface area contributed by atoms with E-state index in [0.717, 1.165) is 45.6 Å². The van der Waals surface area contributed by atoms with Crippen LogP contribution >= 0.6 is 0 Å². The highest BCUT2D eigenvalue weighted by Crippen LogP contribution is 2.09. The van der Waals surface area contributed by atoms with Crippen LogP contribution in [0.2, 0.25) is 0 Å². The molecule has 0 saturated carbocycles. The number of nitrogens with one attached hydrogen (secondary N) is 1. The fourth-order valence-corrected chi connectivity index (χ4v) is 2.33. The molecule has 18 heavy (non-hydrogen) atoms. The Morgan fingerprint density at radius 3 is 2.67 bits per heavy atom. The fraction of sp³-hybridized carbons (Fsp3) is 0.923. The second kappa shape index (κ2) is 7.07. The molecule has 0 bridgehead atoms. The van der Waals surface area contributed by atoms with Crippen LogP contribution in [0.4, 0.5) is 0 Å². The van der Waals surface area contributed by atoms with E-state index in [1.54, 1.807) is 0 Å². The van der Waals surface area contributed by atoms with E-state index in [1.165, 1.54) is 0 Å². The smallest absolute Gasteiger partial charge is 0.238 e. The molecule has 1 rings (SSSR count). The molecule has 1 aliphatic heterocycles. The summed E-state index contributed by atoms with van der Waals surface area (Å²) in [6, 6.07) is 0. The largest absolute Gasteiger partial charge is 0.368 e. The highest BCUT2D eigenvalue weighted by atomic mass is 16.1. The zero-order valence-corrected chi connectivity index (χ0v) is 12.0. The number of primary amides is 1. The van der Waals surface area contributed by atoms with Gasteiger partial charge in [0, 0.05) is 19.6 Å². The predicted molar refractivity (Wildman–Crippen MR) is 74.4 cm³/mol. The molecule has 1 heterocycles. The first-order valence-corrected chi connectivity index (χ1v) is 6.94. The summed E-state index contributed by atoms with van der Waals surface area (Å²) in [4.78, 5) is 16.4. The van der Waals surface area contributed by atoms with Crippen LogP contribution in [0.5, 0.6) is 0 Å². The van der Waals surface area contributed by atoms with E-state index in [2.05, 4.69) is 29.1 Å². The van der Waals surface area contributed by atoms with Crippen molar-refractivity contribution in [3.05, 3.63) is 0 Å². The van der Waals surface area contributed by atoms with Gasteiger partial charge in [-0.3, -0.25) is 9.69 Å². The van der Waals surface area contributed by atoms with Crippen LogP contribution in [0.25, 0.3) is 0 Å². The van der Waals surface area contributed by atoms with Gasteiger partial charge in [0.1, 0.15) is 5.54 Å². The number of amides is 1. The number of nitrogens with two attached hydrogens (primary N) is 1. The quantitative estimate of drug-likeness (QED) is 0.695. The SMILES string of the molecule is CCCNC(C)(CN1CCCN(C)CC1)C(N)=O. The Labute approximate surface area is 111 Å². The summed E-state index contributed by atoms with van der Waals surface area (Å²) in [6.07, 6.45) is 2.16. The highest BCUT2D eigenvalue weighted by Gasteiger charge is 2.32. The van der Waals surface area contributed by atoms with Crippen LogP contribution in [0.3, 0.4) is 0 Å². The maximum absolute atomic E-state index is 11.7. The molecule has 1 saturated heterocycles. The van der Waals surface area contributed by atoms with Crippen LogP contribution < -0.4 is 11.1 Å². The van der Waals surface area contributed by atoms with Gasteiger partial charge in [-0.1, -0.05) is 6.92 Å². The van der Waals surface area contributed by atoms with Crippen molar-refractivity contribution in [2.45, 2.75) is 32.2 Å². The molecule has 106 valence electrons. The van der Waals surface area contributed by atoms with Crippen LogP contribution in [0.15, 0.2) is 0 Å². The van der Waals surface area contributed by atoms with Gasteiger partial charge in [0.25, 0.3) is 0 Å². The molecule has 1 amide bonds. The first kappa shape index (κ1) is 15.4. The van der Waals surface area contributed by atoms with Gasteiger partial charge in [-0.05, 0) is 46.4 Å². The maximum Gasteiger partial charge on any atom is 0.238 e. The second-order valence-electron chi connectivity index (χ2n) is 5.56. The van der Waals surface area contributed by atoms with E-state index in [4.69, 9.17) is 5.73 Å². The molecule has 0 aliphatic carbocycles. The van der Waals surface area contributed by atoms with Gasteiger partial charge in [-0.15, -0.1) is 0 Å². The van der Waals surface area contributed by atoms with Gasteiger partial charge in [-0.25, -0.2) is 0 Å². The third-order valence-electron chi connectivity index (χ3n) is 3.66. The lowest BCUT2D eigenvalue weighted by Gasteiger charge is -2.33. The third kappa shape index (κ3) is 4.55. The summed E-state index contributed by atoms with van der Waals surface area (Å²) in [5.41, 5.74) is 4.94. The van der Waals surface area contributed by atoms with Crippen LogP contribution in [-0.4, -0.2) is 67.6 Å². The second-order valence-corrected chi connectivity index (χ2v) is 5.56. The van der Waals surface area contributed by atoms with Crippen molar-refractivity contribution in [2.24, 2.45) is 5.73 Å². The summed E-state index contributed by atoms with van der Waals surface area (Å²) in [5.74, 6) is -0.256. The van der Waals surface area contributed by atoms with Crippen LogP contribution in [0, 0.1) is 0 Å². The normalized spacial score (nSPS) is 22.4. The number of carbonyl (C=O) groups is 1. The van der Waals surface area contributed by atoms with Crippen molar-refractivity contribution in [3.8, 4) is 0 Å². The van der Waals surface area contributed by atoms with E-state index in [9.17, 15) is 4.79 Å². The molecule has 1 unspecified atom stereocenters.